The van der Waals surface area contributed by atoms with Crippen LogP contribution in [0.5, 0.6) is 0 Å². The molecule has 124 valence electrons. The predicted molar refractivity (Wildman–Crippen MR) is 102 cm³/mol. The molecule has 2 aromatic carbocycles. The van der Waals surface area contributed by atoms with E-state index in [1.54, 1.807) is 11.8 Å². The van der Waals surface area contributed by atoms with Gasteiger partial charge in [-0.2, -0.15) is 0 Å². The van der Waals surface area contributed by atoms with Crippen LogP contribution in [0.1, 0.15) is 34.8 Å². The van der Waals surface area contributed by atoms with Crippen molar-refractivity contribution in [3.05, 3.63) is 65.2 Å². The number of nitrogens with one attached hydrogen (secondary N) is 1. The van der Waals surface area contributed by atoms with Crippen molar-refractivity contribution < 1.29 is 4.79 Å². The van der Waals surface area contributed by atoms with Gasteiger partial charge in [-0.25, -0.2) is 0 Å². The zero-order valence-corrected chi connectivity index (χ0v) is 14.7. The number of thioether (sulfide) groups is 1. The molecule has 0 aliphatic carbocycles. The molecule has 3 N–H and O–H groups in total. The summed E-state index contributed by atoms with van der Waals surface area (Å²) in [4.78, 5) is 17.1. The molecule has 3 rings (SSSR count). The molecule has 2 aromatic rings. The summed E-state index contributed by atoms with van der Waals surface area (Å²) in [7, 11) is 0. The van der Waals surface area contributed by atoms with Crippen LogP contribution in [0.3, 0.4) is 0 Å². The van der Waals surface area contributed by atoms with Crippen molar-refractivity contribution in [3.8, 4) is 0 Å². The minimum Gasteiger partial charge on any atom is -0.379 e. The molecule has 0 radical (unpaired) electrons. The van der Waals surface area contributed by atoms with Gasteiger partial charge in [-0.1, -0.05) is 42.1 Å². The predicted octanol–water partition coefficient (Wildman–Crippen LogP) is 3.91. The third-order valence-corrected chi connectivity index (χ3v) is 5.12. The normalized spacial score (nSPS) is 20.3. The van der Waals surface area contributed by atoms with Crippen molar-refractivity contribution in [1.29, 1.82) is 0 Å². The van der Waals surface area contributed by atoms with Crippen LogP contribution in [0.2, 0.25) is 0 Å². The van der Waals surface area contributed by atoms with E-state index in [1.165, 1.54) is 0 Å². The summed E-state index contributed by atoms with van der Waals surface area (Å²) in [5, 5.41) is 3.61. The highest BCUT2D eigenvalue weighted by Gasteiger charge is 2.29. The number of amidine groups is 1. The van der Waals surface area contributed by atoms with Gasteiger partial charge in [0.15, 0.2) is 5.17 Å². The van der Waals surface area contributed by atoms with Crippen molar-refractivity contribution in [2.24, 2.45) is 10.7 Å². The zero-order chi connectivity index (χ0) is 17.2. The van der Waals surface area contributed by atoms with E-state index < -0.39 is 0 Å². The number of aliphatic imine (C=N–C) groups is 1. The molecule has 0 saturated heterocycles. The van der Waals surface area contributed by atoms with Gasteiger partial charge in [-0.05, 0) is 49.6 Å². The van der Waals surface area contributed by atoms with Crippen molar-refractivity contribution >= 4 is 28.5 Å². The summed E-state index contributed by atoms with van der Waals surface area (Å²) in [6.45, 7) is 4.02. The summed E-state index contributed by atoms with van der Waals surface area (Å²) in [5.41, 5.74) is 9.05. The molecular weight excluding hydrogens is 318 g/mol. The summed E-state index contributed by atoms with van der Waals surface area (Å²) < 4.78 is 0. The fraction of sp³-hybridized carbons (Fsp3) is 0.263. The number of hydrogen-bond donors (Lipinski definition) is 2. The van der Waals surface area contributed by atoms with Gasteiger partial charge < -0.3 is 11.1 Å². The average Bonchev–Trinajstić information content (AvgIpc) is 2.55. The van der Waals surface area contributed by atoms with E-state index in [9.17, 15) is 4.79 Å². The first-order valence-electron chi connectivity index (χ1n) is 7.94. The first-order chi connectivity index (χ1) is 11.5. The number of benzene rings is 2. The first kappa shape index (κ1) is 16.6. The van der Waals surface area contributed by atoms with Gasteiger partial charge in [0.2, 0.25) is 0 Å². The van der Waals surface area contributed by atoms with E-state index in [4.69, 9.17) is 5.73 Å². The Morgan fingerprint density at radius 3 is 2.79 bits per heavy atom. The molecule has 1 atom stereocenters. The number of amides is 1. The lowest BCUT2D eigenvalue weighted by Gasteiger charge is -2.30. The Morgan fingerprint density at radius 1 is 1.25 bits per heavy atom. The fourth-order valence-electron chi connectivity index (χ4n) is 2.85. The standard InChI is InChI=1S/C19H21N3OS/c1-13-6-3-4-9-16(13)17(23)21-15-8-5-7-14(12-15)19(2)10-11-24-18(20)22-19/h3-9,12H,10-11H2,1-2H3,(H2,20,22)(H,21,23). The van der Waals surface area contributed by atoms with E-state index in [0.29, 0.717) is 10.7 Å². The molecular formula is C19H21N3OS. The molecule has 0 saturated carbocycles. The molecule has 0 aromatic heterocycles. The molecule has 4 nitrogen and oxygen atoms in total. The van der Waals surface area contributed by atoms with Gasteiger partial charge in [-0.3, -0.25) is 9.79 Å². The van der Waals surface area contributed by atoms with Crippen molar-refractivity contribution in [2.45, 2.75) is 25.8 Å². The van der Waals surface area contributed by atoms with Crippen LogP contribution < -0.4 is 11.1 Å². The van der Waals surface area contributed by atoms with Gasteiger partial charge in [-0.15, -0.1) is 0 Å². The van der Waals surface area contributed by atoms with E-state index >= 15 is 0 Å². The van der Waals surface area contributed by atoms with E-state index in [2.05, 4.69) is 17.2 Å². The van der Waals surface area contributed by atoms with Crippen LogP contribution in [0.15, 0.2) is 53.5 Å². The second-order valence-electron chi connectivity index (χ2n) is 6.17. The molecule has 0 spiro atoms. The second-order valence-corrected chi connectivity index (χ2v) is 7.29. The van der Waals surface area contributed by atoms with Crippen molar-refractivity contribution in [1.82, 2.24) is 0 Å². The molecule has 1 aliphatic heterocycles. The summed E-state index contributed by atoms with van der Waals surface area (Å²) in [5.74, 6) is 0.851. The molecule has 0 fully saturated rings. The Bertz CT molecular complexity index is 803. The van der Waals surface area contributed by atoms with Gasteiger partial charge >= 0.3 is 0 Å². The van der Waals surface area contributed by atoms with Crippen LogP contribution in [0, 0.1) is 6.92 Å². The summed E-state index contributed by atoms with van der Waals surface area (Å²) in [6, 6.07) is 15.4. The number of carbonyl (C=O) groups is 1. The van der Waals surface area contributed by atoms with Gasteiger partial charge in [0.05, 0.1) is 5.54 Å². The second kappa shape index (κ2) is 6.69. The smallest absolute Gasteiger partial charge is 0.255 e. The maximum atomic E-state index is 12.5. The van der Waals surface area contributed by atoms with Gasteiger partial charge in [0.1, 0.15) is 0 Å². The maximum absolute atomic E-state index is 12.5. The number of anilines is 1. The third-order valence-electron chi connectivity index (χ3n) is 4.33. The highest BCUT2D eigenvalue weighted by Crippen LogP contribution is 2.35. The van der Waals surface area contributed by atoms with Gasteiger partial charge in [0, 0.05) is 17.0 Å². The monoisotopic (exact) mass is 339 g/mol. The Balaban J connectivity index is 1.85. The number of nitrogens with zero attached hydrogens (tertiary/aromatic N) is 1. The largest absolute Gasteiger partial charge is 0.379 e. The van der Waals surface area contributed by atoms with Crippen molar-refractivity contribution in [2.75, 3.05) is 11.1 Å². The van der Waals surface area contributed by atoms with Crippen LogP contribution in [-0.4, -0.2) is 16.8 Å². The fourth-order valence-corrected chi connectivity index (χ4v) is 3.83. The number of aryl methyl sites for hydroxylation is 1. The minimum atomic E-state index is -0.335. The highest BCUT2D eigenvalue weighted by molar-refractivity contribution is 8.13. The van der Waals surface area contributed by atoms with E-state index in [1.807, 2.05) is 55.5 Å². The number of carbonyl (C=O) groups excluding carboxylic acids is 1. The molecule has 1 amide bonds. The maximum Gasteiger partial charge on any atom is 0.255 e. The summed E-state index contributed by atoms with van der Waals surface area (Å²) in [6.07, 6.45) is 0.924. The molecule has 1 aliphatic rings. The first-order valence-corrected chi connectivity index (χ1v) is 8.92. The lowest BCUT2D eigenvalue weighted by Crippen LogP contribution is -2.28. The molecule has 1 heterocycles. The minimum absolute atomic E-state index is 0.0994. The number of nitrogens with two attached hydrogens (primary N) is 1. The van der Waals surface area contributed by atoms with Crippen LogP contribution in [-0.2, 0) is 5.54 Å². The van der Waals surface area contributed by atoms with Gasteiger partial charge in [0.25, 0.3) is 5.91 Å². The summed E-state index contributed by atoms with van der Waals surface area (Å²) >= 11 is 1.59. The van der Waals surface area contributed by atoms with Crippen LogP contribution in [0.4, 0.5) is 5.69 Å². The Kier molecular flexibility index (Phi) is 4.62. The molecule has 5 heteroatoms. The molecule has 24 heavy (non-hydrogen) atoms. The lowest BCUT2D eigenvalue weighted by atomic mass is 9.89. The molecule has 0 bridgehead atoms. The third kappa shape index (κ3) is 3.46. The average molecular weight is 339 g/mol. The lowest BCUT2D eigenvalue weighted by molar-refractivity contribution is 0.102. The Morgan fingerprint density at radius 2 is 2.04 bits per heavy atom. The zero-order valence-electron chi connectivity index (χ0n) is 13.9. The van der Waals surface area contributed by atoms with Crippen molar-refractivity contribution in [3.63, 3.8) is 0 Å². The SMILES string of the molecule is Cc1ccccc1C(=O)Nc1cccc(C2(C)CCSC(N)=N2)c1. The van der Waals surface area contributed by atoms with Crippen LogP contribution >= 0.6 is 11.8 Å². The quantitative estimate of drug-likeness (QED) is 0.891. The van der Waals surface area contributed by atoms with E-state index in [-0.39, 0.29) is 11.4 Å². The number of rotatable bonds is 3. The Hall–Kier alpha value is -2.27. The number of hydrogen-bond acceptors (Lipinski definition) is 4. The molecule has 1 unspecified atom stereocenters. The van der Waals surface area contributed by atoms with Crippen LogP contribution in [0.25, 0.3) is 0 Å². The van der Waals surface area contributed by atoms with E-state index in [0.717, 1.165) is 29.0 Å². The topological polar surface area (TPSA) is 67.5 Å². The Labute approximate surface area is 146 Å². The highest BCUT2D eigenvalue weighted by atomic mass is 32.2.